The van der Waals surface area contributed by atoms with E-state index >= 15 is 0 Å². The first-order chi connectivity index (χ1) is 12.9. The third-order valence-corrected chi connectivity index (χ3v) is 5.17. The van der Waals surface area contributed by atoms with Crippen LogP contribution in [-0.2, 0) is 0 Å². The van der Waals surface area contributed by atoms with Gasteiger partial charge < -0.3 is 10.7 Å². The highest BCUT2D eigenvalue weighted by Gasteiger charge is 2.33. The number of amides is 1. The average molecular weight is 405 g/mol. The second kappa shape index (κ2) is 8.02. The minimum atomic E-state index is -0.380. The Morgan fingerprint density at radius 2 is 2.11 bits per heavy atom. The van der Waals surface area contributed by atoms with Crippen LogP contribution >= 0.6 is 23.2 Å². The summed E-state index contributed by atoms with van der Waals surface area (Å²) in [5.74, 6) is 5.71. The van der Waals surface area contributed by atoms with Crippen LogP contribution in [0.3, 0.4) is 0 Å². The Kier molecular flexibility index (Phi) is 5.72. The van der Waals surface area contributed by atoms with Crippen LogP contribution in [0.25, 0.3) is 0 Å². The Bertz CT molecular complexity index is 943. The lowest BCUT2D eigenvalue weighted by Crippen LogP contribution is -2.51. The molecule has 2 N–H and O–H groups in total. The van der Waals surface area contributed by atoms with Crippen LogP contribution in [-0.4, -0.2) is 44.8 Å². The van der Waals surface area contributed by atoms with Gasteiger partial charge in [-0.2, -0.15) is 5.10 Å². The largest absolute Gasteiger partial charge is 0.330 e. The molecule has 2 aromatic rings. The number of nitrogens with zero attached hydrogens (tertiary/aromatic N) is 5. The predicted molar refractivity (Wildman–Crippen MR) is 107 cm³/mol. The maximum Gasteiger partial charge on any atom is 0.255 e. The zero-order valence-electron chi connectivity index (χ0n) is 14.9. The summed E-state index contributed by atoms with van der Waals surface area (Å²) in [6.07, 6.45) is 2.12. The van der Waals surface area contributed by atoms with Crippen molar-refractivity contribution in [3.8, 4) is 0 Å². The fourth-order valence-corrected chi connectivity index (χ4v) is 3.33. The number of aryl methyl sites for hydroxylation is 1. The number of aromatic nitrogens is 2. The van der Waals surface area contributed by atoms with Crippen LogP contribution in [0, 0.1) is 6.92 Å². The number of benzene rings is 1. The molecule has 0 saturated carbocycles. The molecule has 3 rings (SSSR count). The maximum atomic E-state index is 13.0. The molecule has 9 heteroatoms. The molecule has 1 atom stereocenters. The normalized spacial score (nSPS) is 20.3. The highest BCUT2D eigenvalue weighted by molar-refractivity contribution is 6.46. The number of nitrogens with two attached hydrogens (primary N) is 1. The monoisotopic (exact) mass is 404 g/mol. The number of hydrazone groups is 1. The summed E-state index contributed by atoms with van der Waals surface area (Å²) in [6, 6.07) is 6.39. The van der Waals surface area contributed by atoms with Gasteiger partial charge in [0.25, 0.3) is 5.91 Å². The first-order valence-electron chi connectivity index (χ1n) is 8.32. The Hall–Kier alpha value is -2.51. The first kappa shape index (κ1) is 19.3. The van der Waals surface area contributed by atoms with E-state index in [9.17, 15) is 4.79 Å². The highest BCUT2D eigenvalue weighted by atomic mass is 35.5. The van der Waals surface area contributed by atoms with Gasteiger partial charge in [0.05, 0.1) is 27.4 Å². The zero-order valence-corrected chi connectivity index (χ0v) is 16.4. The molecule has 1 unspecified atom stereocenters. The SMILES string of the molecule is Cc1ccnc(N=C2CCN(C(=O)c3cccc(Cl)c3Cl)C(C)C2=NN)n1. The summed E-state index contributed by atoms with van der Waals surface area (Å²) < 4.78 is 0. The molecule has 1 amide bonds. The number of hydrogen-bond donors (Lipinski definition) is 1. The van der Waals surface area contributed by atoms with Crippen LogP contribution < -0.4 is 5.84 Å². The summed E-state index contributed by atoms with van der Waals surface area (Å²) >= 11 is 12.2. The van der Waals surface area contributed by atoms with E-state index in [1.165, 1.54) is 0 Å². The van der Waals surface area contributed by atoms with Gasteiger partial charge in [-0.25, -0.2) is 15.0 Å². The smallest absolute Gasteiger partial charge is 0.255 e. The third kappa shape index (κ3) is 3.94. The number of halogens is 2. The zero-order chi connectivity index (χ0) is 19.6. The number of likely N-dealkylation sites (tertiary alicyclic amines) is 1. The Morgan fingerprint density at radius 3 is 2.81 bits per heavy atom. The number of carbonyl (C=O) groups is 1. The fourth-order valence-electron chi connectivity index (χ4n) is 2.94. The lowest BCUT2D eigenvalue weighted by molar-refractivity contribution is 0.0735. The van der Waals surface area contributed by atoms with Crippen LogP contribution in [0.1, 0.15) is 29.4 Å². The van der Waals surface area contributed by atoms with Crippen molar-refractivity contribution in [1.82, 2.24) is 14.9 Å². The number of hydrogen-bond acceptors (Lipinski definition) is 6. The summed E-state index contributed by atoms with van der Waals surface area (Å²) in [5, 5.41) is 4.44. The van der Waals surface area contributed by atoms with Gasteiger partial charge in [-0.15, -0.1) is 0 Å². The summed E-state index contributed by atoms with van der Waals surface area (Å²) in [5.41, 5.74) is 2.33. The number of aliphatic imine (C=N–C) groups is 1. The van der Waals surface area contributed by atoms with E-state index in [2.05, 4.69) is 20.1 Å². The molecule has 0 radical (unpaired) electrons. The summed E-state index contributed by atoms with van der Waals surface area (Å²) in [4.78, 5) is 27.5. The molecule has 1 aliphatic rings. The van der Waals surface area contributed by atoms with Gasteiger partial charge in [-0.05, 0) is 32.0 Å². The lowest BCUT2D eigenvalue weighted by Gasteiger charge is -2.35. The molecule has 1 fully saturated rings. The molecule has 0 spiro atoms. The van der Waals surface area contributed by atoms with E-state index in [-0.39, 0.29) is 17.0 Å². The fraction of sp³-hybridized carbons (Fsp3) is 0.278. The quantitative estimate of drug-likeness (QED) is 0.612. The topological polar surface area (TPSA) is 96.8 Å². The van der Waals surface area contributed by atoms with Gasteiger partial charge in [0.15, 0.2) is 0 Å². The molecule has 1 saturated heterocycles. The van der Waals surface area contributed by atoms with Crippen molar-refractivity contribution in [3.05, 3.63) is 51.8 Å². The van der Waals surface area contributed by atoms with Crippen molar-refractivity contribution in [2.75, 3.05) is 6.54 Å². The van der Waals surface area contributed by atoms with Crippen LogP contribution in [0.2, 0.25) is 10.0 Å². The minimum absolute atomic E-state index is 0.232. The average Bonchev–Trinajstić information content (AvgIpc) is 2.64. The van der Waals surface area contributed by atoms with Gasteiger partial charge in [-0.1, -0.05) is 29.3 Å². The molecule has 1 aromatic carbocycles. The minimum Gasteiger partial charge on any atom is -0.330 e. The molecule has 1 aromatic heterocycles. The van der Waals surface area contributed by atoms with Crippen molar-refractivity contribution in [2.45, 2.75) is 26.3 Å². The second-order valence-corrected chi connectivity index (χ2v) is 6.88. The van der Waals surface area contributed by atoms with Gasteiger partial charge in [-0.3, -0.25) is 4.79 Å². The van der Waals surface area contributed by atoms with Gasteiger partial charge in [0, 0.05) is 24.9 Å². The van der Waals surface area contributed by atoms with Crippen LogP contribution in [0.5, 0.6) is 0 Å². The summed E-state index contributed by atoms with van der Waals surface area (Å²) in [7, 11) is 0. The standard InChI is InChI=1S/C18H18Cl2N6O/c1-10-6-8-22-18(23-10)24-14-7-9-26(11(2)16(14)25-21)17(27)12-4-3-5-13(19)15(12)20/h3-6,8,11H,7,9,21H2,1-2H3. The number of piperidine rings is 1. The molecule has 7 nitrogen and oxygen atoms in total. The first-order valence-corrected chi connectivity index (χ1v) is 9.08. The molecule has 0 aliphatic carbocycles. The van der Waals surface area contributed by atoms with Crippen LogP contribution in [0.4, 0.5) is 5.95 Å². The number of rotatable bonds is 2. The molecule has 27 heavy (non-hydrogen) atoms. The van der Waals surface area contributed by atoms with E-state index in [1.807, 2.05) is 13.8 Å². The molecular weight excluding hydrogens is 387 g/mol. The highest BCUT2D eigenvalue weighted by Crippen LogP contribution is 2.28. The van der Waals surface area contributed by atoms with Crippen molar-refractivity contribution in [1.29, 1.82) is 0 Å². The Morgan fingerprint density at radius 1 is 1.33 bits per heavy atom. The lowest BCUT2D eigenvalue weighted by atomic mass is 9.97. The Labute approximate surface area is 166 Å². The van der Waals surface area contributed by atoms with Gasteiger partial charge in [0.1, 0.15) is 5.71 Å². The second-order valence-electron chi connectivity index (χ2n) is 6.10. The van der Waals surface area contributed by atoms with E-state index < -0.39 is 0 Å². The van der Waals surface area contributed by atoms with E-state index in [0.717, 1.165) is 5.69 Å². The van der Waals surface area contributed by atoms with Gasteiger partial charge >= 0.3 is 0 Å². The van der Waals surface area contributed by atoms with Gasteiger partial charge in [0.2, 0.25) is 5.95 Å². The van der Waals surface area contributed by atoms with E-state index in [4.69, 9.17) is 29.0 Å². The molecular formula is C18H18Cl2N6O. The van der Waals surface area contributed by atoms with E-state index in [1.54, 1.807) is 35.4 Å². The molecule has 140 valence electrons. The predicted octanol–water partition coefficient (Wildman–Crippen LogP) is 3.41. The Balaban J connectivity index is 1.89. The van der Waals surface area contributed by atoms with E-state index in [0.29, 0.717) is 40.9 Å². The number of carbonyl (C=O) groups excluding carboxylic acids is 1. The maximum absolute atomic E-state index is 13.0. The summed E-state index contributed by atoms with van der Waals surface area (Å²) in [6.45, 7) is 4.14. The van der Waals surface area contributed by atoms with Crippen molar-refractivity contribution >= 4 is 46.5 Å². The third-order valence-electron chi connectivity index (χ3n) is 4.35. The van der Waals surface area contributed by atoms with Crippen LogP contribution in [0.15, 0.2) is 40.6 Å². The van der Waals surface area contributed by atoms with Crippen molar-refractivity contribution in [3.63, 3.8) is 0 Å². The molecule has 1 aliphatic heterocycles. The molecule has 2 heterocycles. The van der Waals surface area contributed by atoms with Crippen molar-refractivity contribution < 1.29 is 4.79 Å². The molecule has 0 bridgehead atoms. The van der Waals surface area contributed by atoms with Crippen molar-refractivity contribution in [2.24, 2.45) is 15.9 Å².